The molecule has 7 heteroatoms. The molecule has 1 aliphatic rings. The average Bonchev–Trinajstić information content (AvgIpc) is 2.96. The molecule has 1 aliphatic heterocycles. The standard InChI is InChI=1S/C15H15ClN4O2/c16-10-2-1-3-12(6-10)20-5-4-11(9-20)19-14-8-17-13(7-18-14)15(21)22/h1-3,6-8,11H,4-5,9H2,(H,18,19)(H,21,22). The van der Waals surface area contributed by atoms with Gasteiger partial charge in [-0.05, 0) is 24.6 Å². The van der Waals surface area contributed by atoms with Crippen molar-refractivity contribution in [3.05, 3.63) is 47.4 Å². The Morgan fingerprint density at radius 1 is 1.36 bits per heavy atom. The Morgan fingerprint density at radius 2 is 2.23 bits per heavy atom. The number of benzene rings is 1. The normalized spacial score (nSPS) is 17.5. The van der Waals surface area contributed by atoms with Crippen LogP contribution in [-0.4, -0.2) is 40.2 Å². The van der Waals surface area contributed by atoms with Crippen LogP contribution in [0.5, 0.6) is 0 Å². The molecule has 3 rings (SSSR count). The number of aromatic nitrogens is 2. The molecule has 0 bridgehead atoms. The fraction of sp³-hybridized carbons (Fsp3) is 0.267. The number of nitrogens with zero attached hydrogens (tertiary/aromatic N) is 3. The van der Waals surface area contributed by atoms with Crippen LogP contribution in [0.15, 0.2) is 36.7 Å². The van der Waals surface area contributed by atoms with Gasteiger partial charge in [-0.2, -0.15) is 0 Å². The Morgan fingerprint density at radius 3 is 2.91 bits per heavy atom. The van der Waals surface area contributed by atoms with E-state index in [4.69, 9.17) is 16.7 Å². The highest BCUT2D eigenvalue weighted by atomic mass is 35.5. The summed E-state index contributed by atoms with van der Waals surface area (Å²) in [4.78, 5) is 20.9. The van der Waals surface area contributed by atoms with Crippen molar-refractivity contribution in [2.24, 2.45) is 0 Å². The van der Waals surface area contributed by atoms with Crippen molar-refractivity contribution in [3.63, 3.8) is 0 Å². The molecule has 2 N–H and O–H groups in total. The summed E-state index contributed by atoms with van der Waals surface area (Å²) >= 11 is 6.02. The van der Waals surface area contributed by atoms with Gasteiger partial charge in [0, 0.05) is 29.8 Å². The van der Waals surface area contributed by atoms with Crippen LogP contribution in [0.25, 0.3) is 0 Å². The van der Waals surface area contributed by atoms with E-state index in [2.05, 4.69) is 20.2 Å². The quantitative estimate of drug-likeness (QED) is 0.902. The van der Waals surface area contributed by atoms with Gasteiger partial charge in [0.25, 0.3) is 0 Å². The zero-order valence-electron chi connectivity index (χ0n) is 11.7. The van der Waals surface area contributed by atoms with E-state index in [1.165, 1.54) is 12.4 Å². The number of halogens is 1. The van der Waals surface area contributed by atoms with Crippen LogP contribution < -0.4 is 10.2 Å². The van der Waals surface area contributed by atoms with Crippen molar-refractivity contribution in [1.29, 1.82) is 0 Å². The molecule has 2 aromatic rings. The van der Waals surface area contributed by atoms with Gasteiger partial charge >= 0.3 is 5.97 Å². The molecule has 0 spiro atoms. The van der Waals surface area contributed by atoms with E-state index in [0.717, 1.165) is 30.2 Å². The van der Waals surface area contributed by atoms with Crippen LogP contribution in [0.3, 0.4) is 0 Å². The lowest BCUT2D eigenvalue weighted by atomic mass is 10.2. The molecule has 1 aromatic carbocycles. The topological polar surface area (TPSA) is 78.3 Å². The highest BCUT2D eigenvalue weighted by molar-refractivity contribution is 6.30. The summed E-state index contributed by atoms with van der Waals surface area (Å²) in [5.74, 6) is -0.491. The minimum Gasteiger partial charge on any atom is -0.476 e. The SMILES string of the molecule is O=C(O)c1cnc(NC2CCN(c3cccc(Cl)c3)C2)cn1. The smallest absolute Gasteiger partial charge is 0.356 e. The van der Waals surface area contributed by atoms with Crippen molar-refractivity contribution < 1.29 is 9.90 Å². The van der Waals surface area contributed by atoms with E-state index in [-0.39, 0.29) is 11.7 Å². The van der Waals surface area contributed by atoms with E-state index in [0.29, 0.717) is 5.82 Å². The summed E-state index contributed by atoms with van der Waals surface area (Å²) in [7, 11) is 0. The maximum atomic E-state index is 10.7. The van der Waals surface area contributed by atoms with Crippen LogP contribution in [0, 0.1) is 0 Å². The van der Waals surface area contributed by atoms with Crippen LogP contribution in [0.4, 0.5) is 11.5 Å². The molecule has 0 amide bonds. The van der Waals surface area contributed by atoms with Gasteiger partial charge in [-0.3, -0.25) is 0 Å². The van der Waals surface area contributed by atoms with Gasteiger partial charge in [-0.25, -0.2) is 14.8 Å². The van der Waals surface area contributed by atoms with Crippen LogP contribution in [0.2, 0.25) is 5.02 Å². The largest absolute Gasteiger partial charge is 0.476 e. The minimum absolute atomic E-state index is 0.0578. The third kappa shape index (κ3) is 3.28. The van der Waals surface area contributed by atoms with Crippen LogP contribution in [0.1, 0.15) is 16.9 Å². The lowest BCUT2D eigenvalue weighted by Gasteiger charge is -2.19. The molecule has 1 aromatic heterocycles. The highest BCUT2D eigenvalue weighted by Crippen LogP contribution is 2.24. The minimum atomic E-state index is -1.08. The van der Waals surface area contributed by atoms with Gasteiger partial charge in [-0.15, -0.1) is 0 Å². The number of nitrogens with one attached hydrogen (secondary N) is 1. The fourth-order valence-corrected chi connectivity index (χ4v) is 2.69. The third-order valence-electron chi connectivity index (χ3n) is 3.58. The number of aromatic carboxylic acids is 1. The van der Waals surface area contributed by atoms with Crippen LogP contribution >= 0.6 is 11.6 Å². The van der Waals surface area contributed by atoms with E-state index in [9.17, 15) is 4.79 Å². The summed E-state index contributed by atoms with van der Waals surface area (Å²) in [6.45, 7) is 1.77. The molecule has 1 unspecified atom stereocenters. The average molecular weight is 319 g/mol. The van der Waals surface area contributed by atoms with Gasteiger partial charge in [0.05, 0.1) is 12.4 Å². The molecule has 114 valence electrons. The van der Waals surface area contributed by atoms with E-state index >= 15 is 0 Å². The molecule has 0 saturated carbocycles. The van der Waals surface area contributed by atoms with Gasteiger partial charge in [0.2, 0.25) is 0 Å². The molecule has 1 atom stereocenters. The Balaban J connectivity index is 1.62. The molecule has 1 saturated heterocycles. The van der Waals surface area contributed by atoms with Gasteiger partial charge in [-0.1, -0.05) is 17.7 Å². The summed E-state index contributed by atoms with van der Waals surface area (Å²) in [6, 6.07) is 8.02. The van der Waals surface area contributed by atoms with Crippen molar-refractivity contribution in [1.82, 2.24) is 9.97 Å². The maximum Gasteiger partial charge on any atom is 0.356 e. The second kappa shape index (κ2) is 6.19. The molecular formula is C15H15ClN4O2. The van der Waals surface area contributed by atoms with Crippen molar-refractivity contribution in [3.8, 4) is 0 Å². The first-order valence-corrected chi connectivity index (χ1v) is 7.32. The van der Waals surface area contributed by atoms with E-state index in [1.54, 1.807) is 0 Å². The Hall–Kier alpha value is -2.34. The van der Waals surface area contributed by atoms with Gasteiger partial charge in [0.15, 0.2) is 5.69 Å². The molecule has 2 heterocycles. The predicted molar refractivity (Wildman–Crippen MR) is 84.7 cm³/mol. The Labute approximate surface area is 132 Å². The highest BCUT2D eigenvalue weighted by Gasteiger charge is 2.23. The van der Waals surface area contributed by atoms with Crippen molar-refractivity contribution in [2.75, 3.05) is 23.3 Å². The molecular weight excluding hydrogens is 304 g/mol. The summed E-state index contributed by atoms with van der Waals surface area (Å²) in [6.07, 6.45) is 3.68. The molecule has 6 nitrogen and oxygen atoms in total. The number of rotatable bonds is 4. The second-order valence-corrected chi connectivity index (χ2v) is 5.58. The fourth-order valence-electron chi connectivity index (χ4n) is 2.51. The molecule has 0 aliphatic carbocycles. The van der Waals surface area contributed by atoms with E-state index in [1.807, 2.05) is 24.3 Å². The molecule has 0 radical (unpaired) electrons. The first kappa shape index (κ1) is 14.6. The first-order chi connectivity index (χ1) is 10.6. The number of carboxylic acid groups (broad SMARTS) is 1. The number of carboxylic acids is 1. The first-order valence-electron chi connectivity index (χ1n) is 6.94. The zero-order valence-corrected chi connectivity index (χ0v) is 12.5. The summed E-state index contributed by atoms with van der Waals surface area (Å²) in [5, 5.41) is 12.8. The van der Waals surface area contributed by atoms with Crippen molar-refractivity contribution in [2.45, 2.75) is 12.5 Å². The van der Waals surface area contributed by atoms with Gasteiger partial charge < -0.3 is 15.3 Å². The summed E-state index contributed by atoms with van der Waals surface area (Å²) < 4.78 is 0. The van der Waals surface area contributed by atoms with Gasteiger partial charge in [0.1, 0.15) is 5.82 Å². The number of carbonyl (C=O) groups is 1. The zero-order chi connectivity index (χ0) is 15.5. The Kier molecular flexibility index (Phi) is 4.11. The third-order valence-corrected chi connectivity index (χ3v) is 3.82. The predicted octanol–water partition coefficient (Wildman–Crippen LogP) is 2.52. The lowest BCUT2D eigenvalue weighted by Crippen LogP contribution is -2.26. The summed E-state index contributed by atoms with van der Waals surface area (Å²) in [5.41, 5.74) is 1.04. The van der Waals surface area contributed by atoms with Crippen molar-refractivity contribution >= 4 is 29.1 Å². The maximum absolute atomic E-state index is 10.7. The Bertz CT molecular complexity index is 677. The second-order valence-electron chi connectivity index (χ2n) is 5.15. The number of hydrogen-bond acceptors (Lipinski definition) is 5. The lowest BCUT2D eigenvalue weighted by molar-refractivity contribution is 0.0690. The molecule has 1 fully saturated rings. The molecule has 22 heavy (non-hydrogen) atoms. The number of hydrogen-bond donors (Lipinski definition) is 2. The number of anilines is 2. The monoisotopic (exact) mass is 318 g/mol. The van der Waals surface area contributed by atoms with E-state index < -0.39 is 5.97 Å². The van der Waals surface area contributed by atoms with Crippen LogP contribution in [-0.2, 0) is 0 Å².